The number of hydrogen-bond donors (Lipinski definition) is 4. The van der Waals surface area contributed by atoms with Gasteiger partial charge in [0.2, 0.25) is 0 Å². The summed E-state index contributed by atoms with van der Waals surface area (Å²) in [5.74, 6) is -3.12. The minimum absolute atomic E-state index is 0.108. The maximum Gasteiger partial charge on any atom is 0.303 e. The van der Waals surface area contributed by atoms with E-state index in [9.17, 15) is 30.0 Å². The number of aromatic hydroxyl groups is 2. The van der Waals surface area contributed by atoms with Gasteiger partial charge in [-0.05, 0) is 59.1 Å². The monoisotopic (exact) mass is 546 g/mol. The Bertz CT molecular complexity index is 1200. The van der Waals surface area contributed by atoms with Crippen molar-refractivity contribution >= 4 is 11.8 Å². The summed E-state index contributed by atoms with van der Waals surface area (Å²) in [5, 5.41) is 44.5. The average Bonchev–Trinajstić information content (AvgIpc) is 2.83. The topological polar surface area (TPSA) is 143 Å². The van der Waals surface area contributed by atoms with Crippen LogP contribution in [0.15, 0.2) is 17.7 Å². The first-order valence-electron chi connectivity index (χ1n) is 13.6. The SMILES string of the molecule is C/C=C(\C)[C@H](OC(C)=O)[C@@H](C)c1cc(O)c2c(c1O)O[C@]1(C)CC[C@H]3O[C@@H](C(C)(C)O)C[C@H](O)[C@]3(C)[C@H]1C2=O. The molecular formula is C30H42O9. The standard InChI is InChI=1S/C30H42O9/c1-9-14(2)25(37-16(4)31)15(3)17-12-18(32)22-24(35)27-29(7,39-26(22)23(17)34)11-10-20-30(27,8)19(33)13-21(38-20)28(5,6)36/h9,12,15,19-21,25,27,32-34,36H,10-11,13H2,1-8H3/b14-9+/t15-,19-,20+,21+,25-,27-,29+,30-/m0/s1. The number of aliphatic hydroxyl groups is 2. The summed E-state index contributed by atoms with van der Waals surface area (Å²) < 4.78 is 18.2. The van der Waals surface area contributed by atoms with Crippen LogP contribution in [0.1, 0.15) is 96.5 Å². The van der Waals surface area contributed by atoms with Crippen LogP contribution >= 0.6 is 0 Å². The fraction of sp³-hybridized carbons (Fsp3) is 0.667. The molecule has 4 N–H and O–H groups in total. The lowest BCUT2D eigenvalue weighted by Crippen LogP contribution is -2.69. The Morgan fingerprint density at radius 1 is 1.26 bits per heavy atom. The van der Waals surface area contributed by atoms with Gasteiger partial charge in [0.05, 0.1) is 29.8 Å². The number of aliphatic hydroxyl groups excluding tert-OH is 1. The molecule has 216 valence electrons. The fourth-order valence-corrected chi connectivity index (χ4v) is 6.98. The first-order chi connectivity index (χ1) is 18.0. The number of rotatable bonds is 5. The van der Waals surface area contributed by atoms with Crippen molar-refractivity contribution in [2.75, 3.05) is 0 Å². The molecule has 0 aromatic heterocycles. The van der Waals surface area contributed by atoms with Gasteiger partial charge in [-0.2, -0.15) is 0 Å². The Hall–Kier alpha value is -2.62. The smallest absolute Gasteiger partial charge is 0.303 e. The molecule has 1 saturated heterocycles. The van der Waals surface area contributed by atoms with Gasteiger partial charge >= 0.3 is 5.97 Å². The maximum atomic E-state index is 14.2. The Balaban J connectivity index is 1.79. The van der Waals surface area contributed by atoms with Crippen LogP contribution in [0.5, 0.6) is 17.2 Å². The molecule has 2 heterocycles. The van der Waals surface area contributed by atoms with Crippen molar-refractivity contribution in [1.82, 2.24) is 0 Å². The Labute approximate surface area is 229 Å². The first kappa shape index (κ1) is 29.4. The first-order valence-corrected chi connectivity index (χ1v) is 13.6. The molecule has 39 heavy (non-hydrogen) atoms. The molecule has 1 saturated carbocycles. The van der Waals surface area contributed by atoms with Gasteiger partial charge in [0.15, 0.2) is 17.3 Å². The van der Waals surface area contributed by atoms with Crippen molar-refractivity contribution < 1.29 is 44.2 Å². The molecule has 0 amide bonds. The Morgan fingerprint density at radius 2 is 1.90 bits per heavy atom. The predicted molar refractivity (Wildman–Crippen MR) is 143 cm³/mol. The van der Waals surface area contributed by atoms with Gasteiger partial charge in [-0.25, -0.2) is 0 Å². The average molecular weight is 547 g/mol. The third-order valence-corrected chi connectivity index (χ3v) is 9.35. The number of ether oxygens (including phenoxy) is 3. The zero-order valence-electron chi connectivity index (χ0n) is 24.1. The van der Waals surface area contributed by atoms with Crippen LogP contribution in [0.25, 0.3) is 0 Å². The number of Topliss-reactive ketones (excluding diaryl/α,β-unsaturated/α-hetero) is 1. The summed E-state index contributed by atoms with van der Waals surface area (Å²) in [7, 11) is 0. The molecule has 9 nitrogen and oxygen atoms in total. The number of benzene rings is 1. The van der Waals surface area contributed by atoms with E-state index in [2.05, 4.69) is 0 Å². The largest absolute Gasteiger partial charge is 0.507 e. The van der Waals surface area contributed by atoms with Crippen LogP contribution in [-0.4, -0.2) is 67.8 Å². The molecule has 9 heteroatoms. The zero-order valence-corrected chi connectivity index (χ0v) is 24.1. The second kappa shape index (κ2) is 9.78. The maximum absolute atomic E-state index is 14.2. The molecule has 2 aliphatic heterocycles. The van der Waals surface area contributed by atoms with E-state index in [0.717, 1.165) is 5.57 Å². The van der Waals surface area contributed by atoms with Gasteiger partial charge in [0, 0.05) is 30.2 Å². The number of carbonyl (C=O) groups excluding carboxylic acids is 2. The lowest BCUT2D eigenvalue weighted by atomic mass is 9.52. The van der Waals surface area contributed by atoms with E-state index in [1.54, 1.807) is 34.6 Å². The van der Waals surface area contributed by atoms with Gasteiger partial charge in [-0.3, -0.25) is 9.59 Å². The zero-order chi connectivity index (χ0) is 29.2. The van der Waals surface area contributed by atoms with E-state index >= 15 is 0 Å². The second-order valence-corrected chi connectivity index (χ2v) is 12.5. The van der Waals surface area contributed by atoms with E-state index < -0.39 is 64.6 Å². The number of phenolic OH excluding ortho intramolecular Hbond substituents is 2. The van der Waals surface area contributed by atoms with Gasteiger partial charge in [-0.15, -0.1) is 0 Å². The summed E-state index contributed by atoms with van der Waals surface area (Å²) in [5.41, 5.74) is -2.42. The molecular weight excluding hydrogens is 504 g/mol. The summed E-state index contributed by atoms with van der Waals surface area (Å²) in [6.45, 7) is 13.5. The van der Waals surface area contributed by atoms with Crippen molar-refractivity contribution in [2.24, 2.45) is 11.3 Å². The van der Waals surface area contributed by atoms with Crippen molar-refractivity contribution in [1.29, 1.82) is 0 Å². The van der Waals surface area contributed by atoms with Crippen molar-refractivity contribution in [3.8, 4) is 17.2 Å². The summed E-state index contributed by atoms with van der Waals surface area (Å²) >= 11 is 0. The van der Waals surface area contributed by atoms with Gasteiger partial charge in [-0.1, -0.05) is 19.9 Å². The number of hydrogen-bond acceptors (Lipinski definition) is 9. The third kappa shape index (κ3) is 4.62. The van der Waals surface area contributed by atoms with E-state index in [1.807, 2.05) is 19.9 Å². The van der Waals surface area contributed by atoms with E-state index in [0.29, 0.717) is 12.8 Å². The minimum Gasteiger partial charge on any atom is -0.507 e. The van der Waals surface area contributed by atoms with Crippen LogP contribution in [0.3, 0.4) is 0 Å². The van der Waals surface area contributed by atoms with Crippen LogP contribution in [0.2, 0.25) is 0 Å². The van der Waals surface area contributed by atoms with Gasteiger partial charge in [0.25, 0.3) is 0 Å². The summed E-state index contributed by atoms with van der Waals surface area (Å²) in [6, 6.07) is 1.32. The normalized spacial score (nSPS) is 34.2. The number of allylic oxidation sites excluding steroid dienone is 1. The number of phenols is 2. The van der Waals surface area contributed by atoms with Crippen LogP contribution in [0, 0.1) is 11.3 Å². The quantitative estimate of drug-likeness (QED) is 0.243. The van der Waals surface area contributed by atoms with Crippen molar-refractivity contribution in [2.45, 2.75) is 116 Å². The highest BCUT2D eigenvalue weighted by atomic mass is 16.5. The number of ketones is 1. The number of carbonyl (C=O) groups is 2. The molecule has 0 radical (unpaired) electrons. The fourth-order valence-electron chi connectivity index (χ4n) is 6.98. The Morgan fingerprint density at radius 3 is 2.46 bits per heavy atom. The van der Waals surface area contributed by atoms with E-state index in [-0.39, 0.29) is 34.8 Å². The van der Waals surface area contributed by atoms with Gasteiger partial charge in [0.1, 0.15) is 23.0 Å². The molecule has 4 rings (SSSR count). The molecule has 0 unspecified atom stereocenters. The van der Waals surface area contributed by atoms with Crippen LogP contribution in [-0.2, 0) is 14.3 Å². The van der Waals surface area contributed by atoms with Crippen molar-refractivity contribution in [3.05, 3.63) is 28.8 Å². The van der Waals surface area contributed by atoms with E-state index in [1.165, 1.54) is 13.0 Å². The molecule has 2 fully saturated rings. The third-order valence-electron chi connectivity index (χ3n) is 9.35. The molecule has 1 aliphatic carbocycles. The van der Waals surface area contributed by atoms with Gasteiger partial charge < -0.3 is 34.6 Å². The minimum atomic E-state index is -1.17. The molecule has 3 aliphatic rings. The highest BCUT2D eigenvalue weighted by Crippen LogP contribution is 2.61. The number of esters is 1. The van der Waals surface area contributed by atoms with Crippen LogP contribution < -0.4 is 4.74 Å². The predicted octanol–water partition coefficient (Wildman–Crippen LogP) is 4.14. The number of fused-ring (bicyclic) bond motifs is 4. The van der Waals surface area contributed by atoms with Crippen LogP contribution in [0.4, 0.5) is 0 Å². The Kier molecular flexibility index (Phi) is 7.37. The highest BCUT2D eigenvalue weighted by molar-refractivity contribution is 6.06. The highest BCUT2D eigenvalue weighted by Gasteiger charge is 2.66. The lowest BCUT2D eigenvalue weighted by molar-refractivity contribution is -0.263. The molecule has 1 aromatic rings. The molecule has 0 spiro atoms. The lowest BCUT2D eigenvalue weighted by Gasteiger charge is -2.61. The summed E-state index contributed by atoms with van der Waals surface area (Å²) in [6.07, 6.45) is 0.00160. The van der Waals surface area contributed by atoms with Crippen molar-refractivity contribution in [3.63, 3.8) is 0 Å². The second-order valence-electron chi connectivity index (χ2n) is 12.5. The molecule has 1 aromatic carbocycles. The molecule has 8 atom stereocenters. The van der Waals surface area contributed by atoms with E-state index in [4.69, 9.17) is 14.2 Å². The summed E-state index contributed by atoms with van der Waals surface area (Å²) in [4.78, 5) is 26.0. The molecule has 0 bridgehead atoms.